The predicted molar refractivity (Wildman–Crippen MR) is 58.0 cm³/mol. The van der Waals surface area contributed by atoms with Crippen LogP contribution in [0.2, 0.25) is 0 Å². The van der Waals surface area contributed by atoms with Gasteiger partial charge in [-0.1, -0.05) is 48.5 Å². The summed E-state index contributed by atoms with van der Waals surface area (Å²) >= 11 is 1.39. The molecular formula is C11H14OS. The maximum atomic E-state index is 11.3. The fourth-order valence-electron chi connectivity index (χ4n) is 1.08. The van der Waals surface area contributed by atoms with Crippen molar-refractivity contribution in [1.29, 1.82) is 0 Å². The molecule has 0 aliphatic carbocycles. The molecule has 0 aromatic heterocycles. The number of carbonyl (C=O) groups excluding carboxylic acids is 1. The first kappa shape index (κ1) is 10.3. The second kappa shape index (κ2) is 5.07. The lowest BCUT2D eigenvalue weighted by atomic mass is 10.1. The van der Waals surface area contributed by atoms with Gasteiger partial charge < -0.3 is 0 Å². The molecule has 0 saturated heterocycles. The van der Waals surface area contributed by atoms with Crippen LogP contribution in [0.1, 0.15) is 18.1 Å². The van der Waals surface area contributed by atoms with E-state index in [0.29, 0.717) is 6.42 Å². The van der Waals surface area contributed by atoms with Crippen molar-refractivity contribution in [1.82, 2.24) is 0 Å². The van der Waals surface area contributed by atoms with E-state index in [4.69, 9.17) is 0 Å². The zero-order valence-corrected chi connectivity index (χ0v) is 8.86. The van der Waals surface area contributed by atoms with Crippen LogP contribution < -0.4 is 0 Å². The Balaban J connectivity index is 2.54. The molecule has 0 spiro atoms. The third-order valence-corrected chi connectivity index (χ3v) is 2.53. The van der Waals surface area contributed by atoms with Gasteiger partial charge in [-0.2, -0.15) is 0 Å². The Morgan fingerprint density at radius 2 is 1.92 bits per heavy atom. The van der Waals surface area contributed by atoms with Gasteiger partial charge in [-0.15, -0.1) is 0 Å². The predicted octanol–water partition coefficient (Wildman–Crippen LogP) is 2.82. The summed E-state index contributed by atoms with van der Waals surface area (Å²) in [4.78, 5) is 11.3. The van der Waals surface area contributed by atoms with Crippen LogP contribution in [0.5, 0.6) is 0 Å². The molecule has 0 atom stereocenters. The Labute approximate surface area is 83.5 Å². The molecule has 0 radical (unpaired) electrons. The first-order valence-electron chi connectivity index (χ1n) is 4.43. The van der Waals surface area contributed by atoms with Crippen molar-refractivity contribution in [3.8, 4) is 0 Å². The van der Waals surface area contributed by atoms with Crippen LogP contribution >= 0.6 is 11.8 Å². The second-order valence-electron chi connectivity index (χ2n) is 2.97. The summed E-state index contributed by atoms with van der Waals surface area (Å²) in [6, 6.07) is 8.12. The monoisotopic (exact) mass is 194 g/mol. The number of carbonyl (C=O) groups is 1. The van der Waals surface area contributed by atoms with Crippen LogP contribution in [0.4, 0.5) is 0 Å². The third-order valence-electron chi connectivity index (χ3n) is 1.77. The lowest BCUT2D eigenvalue weighted by molar-refractivity contribution is -0.110. The molecule has 0 saturated carbocycles. The van der Waals surface area contributed by atoms with Crippen molar-refractivity contribution < 1.29 is 4.79 Å². The third kappa shape index (κ3) is 3.64. The van der Waals surface area contributed by atoms with E-state index >= 15 is 0 Å². The normalized spacial score (nSPS) is 10.0. The first-order chi connectivity index (χ1) is 6.22. The standard InChI is InChI=1S/C11H14OS/c1-3-13-11(12)8-10-6-4-9(2)5-7-10/h4-7H,3,8H2,1-2H3. The summed E-state index contributed by atoms with van der Waals surface area (Å²) < 4.78 is 0. The molecule has 1 rings (SSSR count). The van der Waals surface area contributed by atoms with Gasteiger partial charge >= 0.3 is 0 Å². The van der Waals surface area contributed by atoms with E-state index < -0.39 is 0 Å². The van der Waals surface area contributed by atoms with Crippen molar-refractivity contribution in [2.24, 2.45) is 0 Å². The van der Waals surface area contributed by atoms with Crippen molar-refractivity contribution >= 4 is 16.9 Å². The van der Waals surface area contributed by atoms with Gasteiger partial charge in [-0.05, 0) is 18.2 Å². The SMILES string of the molecule is CCSC(=O)Cc1ccc(C)cc1. The number of aryl methyl sites for hydroxylation is 1. The number of hydrogen-bond donors (Lipinski definition) is 0. The zero-order valence-electron chi connectivity index (χ0n) is 8.04. The van der Waals surface area contributed by atoms with Crippen molar-refractivity contribution in [2.75, 3.05) is 5.75 Å². The maximum Gasteiger partial charge on any atom is 0.193 e. The number of rotatable bonds is 3. The zero-order chi connectivity index (χ0) is 9.68. The number of hydrogen-bond acceptors (Lipinski definition) is 2. The van der Waals surface area contributed by atoms with Gasteiger partial charge in [0, 0.05) is 6.42 Å². The van der Waals surface area contributed by atoms with Crippen LogP contribution in [0, 0.1) is 6.92 Å². The van der Waals surface area contributed by atoms with Crippen LogP contribution in [-0.4, -0.2) is 10.9 Å². The van der Waals surface area contributed by atoms with Crippen molar-refractivity contribution in [3.63, 3.8) is 0 Å². The molecule has 0 N–H and O–H groups in total. The average Bonchev–Trinajstić information content (AvgIpc) is 2.09. The number of thioether (sulfide) groups is 1. The Bertz CT molecular complexity index is 277. The molecule has 70 valence electrons. The van der Waals surface area contributed by atoms with Gasteiger partial charge in [0.1, 0.15) is 0 Å². The highest BCUT2D eigenvalue weighted by atomic mass is 32.2. The Kier molecular flexibility index (Phi) is 4.03. The van der Waals surface area contributed by atoms with E-state index in [1.807, 2.05) is 38.1 Å². The molecule has 0 amide bonds. The second-order valence-corrected chi connectivity index (χ2v) is 4.29. The highest BCUT2D eigenvalue weighted by molar-refractivity contribution is 8.13. The summed E-state index contributed by atoms with van der Waals surface area (Å²) in [6.07, 6.45) is 0.554. The van der Waals surface area contributed by atoms with E-state index in [0.717, 1.165) is 11.3 Å². The highest BCUT2D eigenvalue weighted by Crippen LogP contribution is 2.09. The molecule has 0 aliphatic heterocycles. The molecule has 1 aromatic carbocycles. The van der Waals surface area contributed by atoms with Gasteiger partial charge in [-0.3, -0.25) is 4.79 Å². The smallest absolute Gasteiger partial charge is 0.193 e. The van der Waals surface area contributed by atoms with E-state index in [2.05, 4.69) is 0 Å². The van der Waals surface area contributed by atoms with Crippen LogP contribution in [0.25, 0.3) is 0 Å². The molecule has 0 bridgehead atoms. The average molecular weight is 194 g/mol. The molecule has 13 heavy (non-hydrogen) atoms. The quantitative estimate of drug-likeness (QED) is 0.736. The van der Waals surface area contributed by atoms with Crippen molar-refractivity contribution in [3.05, 3.63) is 35.4 Å². The molecule has 0 heterocycles. The van der Waals surface area contributed by atoms with Crippen LogP contribution in [0.3, 0.4) is 0 Å². The van der Waals surface area contributed by atoms with E-state index in [9.17, 15) is 4.79 Å². The molecule has 1 aromatic rings. The minimum atomic E-state index is 0.256. The van der Waals surface area contributed by atoms with E-state index in [-0.39, 0.29) is 5.12 Å². The minimum Gasteiger partial charge on any atom is -0.287 e. The lowest BCUT2D eigenvalue weighted by Gasteiger charge is -1.99. The molecule has 2 heteroatoms. The van der Waals surface area contributed by atoms with Gasteiger partial charge in [0.2, 0.25) is 0 Å². The van der Waals surface area contributed by atoms with Gasteiger partial charge in [0.15, 0.2) is 5.12 Å². The van der Waals surface area contributed by atoms with Crippen LogP contribution in [-0.2, 0) is 11.2 Å². The highest BCUT2D eigenvalue weighted by Gasteiger charge is 2.01. The van der Waals surface area contributed by atoms with Gasteiger partial charge in [0.25, 0.3) is 0 Å². The maximum absolute atomic E-state index is 11.3. The summed E-state index contributed by atoms with van der Waals surface area (Å²) in [5.41, 5.74) is 2.34. The Morgan fingerprint density at radius 1 is 1.31 bits per heavy atom. The topological polar surface area (TPSA) is 17.1 Å². The van der Waals surface area contributed by atoms with Gasteiger partial charge in [-0.25, -0.2) is 0 Å². The Morgan fingerprint density at radius 3 is 2.46 bits per heavy atom. The van der Waals surface area contributed by atoms with Gasteiger partial charge in [0.05, 0.1) is 0 Å². The fourth-order valence-corrected chi connectivity index (χ4v) is 1.68. The molecule has 1 nitrogen and oxygen atoms in total. The molecule has 0 aliphatic rings. The summed E-state index contributed by atoms with van der Waals surface area (Å²) in [6.45, 7) is 4.05. The molecule has 0 fully saturated rings. The van der Waals surface area contributed by atoms with Crippen molar-refractivity contribution in [2.45, 2.75) is 20.3 Å². The fraction of sp³-hybridized carbons (Fsp3) is 0.364. The Hall–Kier alpha value is -0.760. The minimum absolute atomic E-state index is 0.256. The largest absolute Gasteiger partial charge is 0.287 e. The van der Waals surface area contributed by atoms with E-state index in [1.165, 1.54) is 17.3 Å². The number of benzene rings is 1. The molecular weight excluding hydrogens is 180 g/mol. The lowest BCUT2D eigenvalue weighted by Crippen LogP contribution is -1.97. The molecule has 0 unspecified atom stereocenters. The summed E-state index contributed by atoms with van der Waals surface area (Å²) in [5, 5.41) is 0.256. The van der Waals surface area contributed by atoms with Crippen LogP contribution in [0.15, 0.2) is 24.3 Å². The summed E-state index contributed by atoms with van der Waals surface area (Å²) in [5.74, 6) is 0.866. The van der Waals surface area contributed by atoms with E-state index in [1.54, 1.807) is 0 Å². The summed E-state index contributed by atoms with van der Waals surface area (Å²) in [7, 11) is 0. The first-order valence-corrected chi connectivity index (χ1v) is 5.42.